The summed E-state index contributed by atoms with van der Waals surface area (Å²) in [5.41, 5.74) is 1.02. The molecule has 0 saturated carbocycles. The first-order valence-corrected chi connectivity index (χ1v) is 9.20. The van der Waals surface area contributed by atoms with E-state index in [4.69, 9.17) is 4.74 Å². The number of hydrogen-bond donors (Lipinski definition) is 0. The molecule has 4 nitrogen and oxygen atoms in total. The number of fused-ring (bicyclic) bond motifs is 1. The van der Waals surface area contributed by atoms with Gasteiger partial charge in [-0.25, -0.2) is 0 Å². The van der Waals surface area contributed by atoms with Crippen molar-refractivity contribution < 1.29 is 9.53 Å². The van der Waals surface area contributed by atoms with E-state index in [9.17, 15) is 4.79 Å². The van der Waals surface area contributed by atoms with Crippen LogP contribution < -0.4 is 4.74 Å². The van der Waals surface area contributed by atoms with Crippen LogP contribution in [0.25, 0.3) is 0 Å². The molecule has 1 amide bonds. The van der Waals surface area contributed by atoms with Crippen LogP contribution in [0.5, 0.6) is 5.75 Å². The number of likely N-dealkylation sites (N-methyl/N-ethyl adjacent to an activating group) is 1. The van der Waals surface area contributed by atoms with Crippen LogP contribution in [0.2, 0.25) is 0 Å². The summed E-state index contributed by atoms with van der Waals surface area (Å²) >= 11 is 1.70. The zero-order valence-corrected chi connectivity index (χ0v) is 15.1. The molecule has 1 aliphatic rings. The lowest BCUT2D eigenvalue weighted by atomic mass is 9.91. The van der Waals surface area contributed by atoms with Gasteiger partial charge in [0.15, 0.2) is 0 Å². The minimum atomic E-state index is -0.0999. The minimum absolute atomic E-state index is 0.0999. The normalized spacial score (nSPS) is 16.5. The van der Waals surface area contributed by atoms with Crippen molar-refractivity contribution in [3.8, 4) is 5.75 Å². The van der Waals surface area contributed by atoms with E-state index in [0.717, 1.165) is 30.8 Å². The Morgan fingerprint density at radius 3 is 2.79 bits per heavy atom. The SMILES string of the molecule is CN(C)CCN(Cc1cccs1)C(=O)C1CCOc2ccccc21. The third-order valence-electron chi connectivity index (χ3n) is 4.31. The Hall–Kier alpha value is -1.85. The molecular weight excluding hydrogens is 320 g/mol. The fourth-order valence-electron chi connectivity index (χ4n) is 3.00. The molecule has 0 spiro atoms. The van der Waals surface area contributed by atoms with Gasteiger partial charge in [0.05, 0.1) is 19.1 Å². The molecule has 0 radical (unpaired) electrons. The molecule has 2 heterocycles. The molecule has 2 aromatic rings. The second kappa shape index (κ2) is 7.81. The summed E-state index contributed by atoms with van der Waals surface area (Å²) in [7, 11) is 4.08. The van der Waals surface area contributed by atoms with Crippen LogP contribution in [0.1, 0.15) is 22.8 Å². The highest BCUT2D eigenvalue weighted by Gasteiger charge is 2.31. The second-order valence-electron chi connectivity index (χ2n) is 6.37. The van der Waals surface area contributed by atoms with Crippen LogP contribution in [0.4, 0.5) is 0 Å². The molecule has 0 saturated heterocycles. The minimum Gasteiger partial charge on any atom is -0.493 e. The largest absolute Gasteiger partial charge is 0.493 e. The highest BCUT2D eigenvalue weighted by molar-refractivity contribution is 7.09. The standard InChI is InChI=1S/C19H24N2O2S/c1-20(2)10-11-21(14-15-6-5-13-24-15)19(22)17-9-12-23-18-8-4-3-7-16(17)18/h3-8,13,17H,9-12,14H2,1-2H3. The summed E-state index contributed by atoms with van der Waals surface area (Å²) in [6.45, 7) is 2.89. The maximum absolute atomic E-state index is 13.3. The van der Waals surface area contributed by atoms with E-state index in [2.05, 4.69) is 16.3 Å². The average molecular weight is 344 g/mol. The topological polar surface area (TPSA) is 32.8 Å². The number of nitrogens with zero attached hydrogens (tertiary/aromatic N) is 2. The number of thiophene rings is 1. The lowest BCUT2D eigenvalue weighted by Crippen LogP contribution is -2.40. The predicted molar refractivity (Wildman–Crippen MR) is 97.6 cm³/mol. The molecule has 1 unspecified atom stereocenters. The van der Waals surface area contributed by atoms with Gasteiger partial charge in [0, 0.05) is 23.5 Å². The van der Waals surface area contributed by atoms with Gasteiger partial charge in [-0.2, -0.15) is 0 Å². The number of benzene rings is 1. The number of hydrogen-bond acceptors (Lipinski definition) is 4. The van der Waals surface area contributed by atoms with Gasteiger partial charge in [-0.05, 0) is 38.0 Å². The van der Waals surface area contributed by atoms with E-state index in [0.29, 0.717) is 13.2 Å². The van der Waals surface area contributed by atoms with Gasteiger partial charge in [-0.15, -0.1) is 11.3 Å². The predicted octanol–water partition coefficient (Wildman–Crippen LogP) is 3.20. The fourth-order valence-corrected chi connectivity index (χ4v) is 3.72. The van der Waals surface area contributed by atoms with Gasteiger partial charge in [-0.1, -0.05) is 24.3 Å². The zero-order valence-electron chi connectivity index (χ0n) is 14.3. The number of carbonyl (C=O) groups is 1. The quantitative estimate of drug-likeness (QED) is 0.807. The molecule has 0 bridgehead atoms. The van der Waals surface area contributed by atoms with E-state index in [1.54, 1.807) is 11.3 Å². The summed E-state index contributed by atoms with van der Waals surface area (Å²) in [5, 5.41) is 2.06. The highest BCUT2D eigenvalue weighted by Crippen LogP contribution is 2.35. The second-order valence-corrected chi connectivity index (χ2v) is 7.40. The number of amides is 1. The molecule has 1 atom stereocenters. The molecule has 1 aromatic heterocycles. The van der Waals surface area contributed by atoms with Gasteiger partial charge in [-0.3, -0.25) is 4.79 Å². The van der Waals surface area contributed by atoms with Crippen molar-refractivity contribution in [2.45, 2.75) is 18.9 Å². The molecule has 0 fully saturated rings. The Balaban J connectivity index is 1.80. The summed E-state index contributed by atoms with van der Waals surface area (Å²) < 4.78 is 5.71. The van der Waals surface area contributed by atoms with Crippen molar-refractivity contribution in [2.75, 3.05) is 33.8 Å². The third-order valence-corrected chi connectivity index (χ3v) is 5.17. The number of carbonyl (C=O) groups excluding carboxylic acids is 1. The average Bonchev–Trinajstić information content (AvgIpc) is 3.10. The molecule has 0 N–H and O–H groups in total. The van der Waals surface area contributed by atoms with Gasteiger partial charge in [0.25, 0.3) is 0 Å². The zero-order chi connectivity index (χ0) is 16.9. The van der Waals surface area contributed by atoms with Gasteiger partial charge in [0.2, 0.25) is 5.91 Å². The van der Waals surface area contributed by atoms with Crippen LogP contribution in [0.3, 0.4) is 0 Å². The molecule has 128 valence electrons. The molecule has 24 heavy (non-hydrogen) atoms. The van der Waals surface area contributed by atoms with Crippen molar-refractivity contribution >= 4 is 17.2 Å². The molecule has 1 aliphatic heterocycles. The number of ether oxygens (including phenoxy) is 1. The Morgan fingerprint density at radius 2 is 2.04 bits per heavy atom. The smallest absolute Gasteiger partial charge is 0.230 e. The van der Waals surface area contributed by atoms with Crippen molar-refractivity contribution in [1.82, 2.24) is 9.80 Å². The van der Waals surface area contributed by atoms with Crippen molar-refractivity contribution in [3.63, 3.8) is 0 Å². The first-order chi connectivity index (χ1) is 11.6. The van der Waals surface area contributed by atoms with Gasteiger partial charge >= 0.3 is 0 Å². The summed E-state index contributed by atoms with van der Waals surface area (Å²) in [6, 6.07) is 12.1. The van der Waals surface area contributed by atoms with Crippen LogP contribution in [-0.2, 0) is 11.3 Å². The van der Waals surface area contributed by atoms with E-state index < -0.39 is 0 Å². The molecule has 1 aromatic carbocycles. The van der Waals surface area contributed by atoms with Crippen LogP contribution >= 0.6 is 11.3 Å². The summed E-state index contributed by atoms with van der Waals surface area (Å²) in [6.07, 6.45) is 0.749. The maximum Gasteiger partial charge on any atom is 0.230 e. The first kappa shape index (κ1) is 17.0. The monoisotopic (exact) mass is 344 g/mol. The van der Waals surface area contributed by atoms with Crippen molar-refractivity contribution in [2.24, 2.45) is 0 Å². The van der Waals surface area contributed by atoms with Crippen LogP contribution in [-0.4, -0.2) is 49.5 Å². The Morgan fingerprint density at radius 1 is 1.21 bits per heavy atom. The third kappa shape index (κ3) is 3.97. The van der Waals surface area contributed by atoms with Gasteiger partial charge < -0.3 is 14.5 Å². The van der Waals surface area contributed by atoms with E-state index in [-0.39, 0.29) is 11.8 Å². The van der Waals surface area contributed by atoms with Gasteiger partial charge in [0.1, 0.15) is 5.75 Å². The Kier molecular flexibility index (Phi) is 5.53. The molecule has 0 aliphatic carbocycles. The molecule has 5 heteroatoms. The number of rotatable bonds is 6. The Labute approximate surface area is 147 Å². The molecule has 3 rings (SSSR count). The number of para-hydroxylation sites is 1. The lowest BCUT2D eigenvalue weighted by Gasteiger charge is -2.31. The van der Waals surface area contributed by atoms with Crippen LogP contribution in [0.15, 0.2) is 41.8 Å². The summed E-state index contributed by atoms with van der Waals surface area (Å²) in [5.74, 6) is 0.962. The van der Waals surface area contributed by atoms with Crippen LogP contribution in [0, 0.1) is 0 Å². The fraction of sp³-hybridized carbons (Fsp3) is 0.421. The lowest BCUT2D eigenvalue weighted by molar-refractivity contribution is -0.134. The first-order valence-electron chi connectivity index (χ1n) is 8.33. The summed E-state index contributed by atoms with van der Waals surface area (Å²) in [4.78, 5) is 18.6. The van der Waals surface area contributed by atoms with E-state index in [1.165, 1.54) is 4.88 Å². The van der Waals surface area contributed by atoms with E-state index >= 15 is 0 Å². The van der Waals surface area contributed by atoms with E-state index in [1.807, 2.05) is 49.3 Å². The Bertz CT molecular complexity index is 670. The van der Waals surface area contributed by atoms with Crippen molar-refractivity contribution in [1.29, 1.82) is 0 Å². The van der Waals surface area contributed by atoms with Crippen molar-refractivity contribution in [3.05, 3.63) is 52.2 Å². The maximum atomic E-state index is 13.3. The highest BCUT2D eigenvalue weighted by atomic mass is 32.1. The molecular formula is C19H24N2O2S.